The van der Waals surface area contributed by atoms with Crippen LogP contribution in [-0.2, 0) is 0 Å². The van der Waals surface area contributed by atoms with E-state index < -0.39 is 0 Å². The highest BCUT2D eigenvalue weighted by atomic mass is 16.5. The summed E-state index contributed by atoms with van der Waals surface area (Å²) < 4.78 is 12.7. The topological polar surface area (TPSA) is 18.5 Å². The smallest absolute Gasteiger partial charge is 0.261 e. The molecular weight excluding hydrogens is 355 g/mol. The highest BCUT2D eigenvalue weighted by Gasteiger charge is 2.41. The summed E-state index contributed by atoms with van der Waals surface area (Å²) in [5.74, 6) is 3.90. The Kier molecular flexibility index (Phi) is 2.96. The molecule has 0 saturated carbocycles. The van der Waals surface area contributed by atoms with Gasteiger partial charge in [-0.2, -0.15) is 0 Å². The van der Waals surface area contributed by atoms with Crippen LogP contribution in [0, 0.1) is 0 Å². The SMILES string of the molecule is C1=CC2=C(CC1)Oc1cccc3c1B2c1c(ccc2c1ccc1ccccc12)O3. The first-order chi connectivity index (χ1) is 14.4. The zero-order chi connectivity index (χ0) is 18.9. The third-order valence-electron chi connectivity index (χ3n) is 6.45. The molecule has 3 heteroatoms. The van der Waals surface area contributed by atoms with Crippen LogP contribution in [0.2, 0.25) is 0 Å². The van der Waals surface area contributed by atoms with Crippen molar-refractivity contribution in [2.45, 2.75) is 12.8 Å². The van der Waals surface area contributed by atoms with Crippen molar-refractivity contribution in [1.29, 1.82) is 0 Å². The van der Waals surface area contributed by atoms with Crippen molar-refractivity contribution in [2.75, 3.05) is 0 Å². The molecule has 0 spiro atoms. The van der Waals surface area contributed by atoms with Crippen molar-refractivity contribution in [3.63, 3.8) is 0 Å². The number of allylic oxidation sites excluding steroid dienone is 4. The summed E-state index contributed by atoms with van der Waals surface area (Å²) in [6.45, 7) is 0.148. The molecule has 0 unspecified atom stereocenters. The Balaban J connectivity index is 1.61. The molecular formula is C26H17BO2. The second-order valence-corrected chi connectivity index (χ2v) is 7.98. The highest BCUT2D eigenvalue weighted by Crippen LogP contribution is 2.39. The predicted octanol–water partition coefficient (Wildman–Crippen LogP) is 5.24. The molecule has 4 aromatic rings. The van der Waals surface area contributed by atoms with Crippen LogP contribution in [0.5, 0.6) is 17.2 Å². The van der Waals surface area contributed by atoms with Crippen LogP contribution in [0.15, 0.2) is 90.1 Å². The van der Waals surface area contributed by atoms with E-state index in [0.717, 1.165) is 41.3 Å². The summed E-state index contributed by atoms with van der Waals surface area (Å²) in [5.41, 5.74) is 3.70. The first-order valence-corrected chi connectivity index (χ1v) is 10.2. The van der Waals surface area contributed by atoms with Gasteiger partial charge in [0, 0.05) is 11.9 Å². The Hall–Kier alpha value is -3.46. The molecule has 7 rings (SSSR count). The van der Waals surface area contributed by atoms with Crippen molar-refractivity contribution in [3.8, 4) is 17.2 Å². The number of rotatable bonds is 0. The van der Waals surface area contributed by atoms with Crippen LogP contribution in [0.4, 0.5) is 0 Å². The van der Waals surface area contributed by atoms with Crippen LogP contribution in [0.1, 0.15) is 12.8 Å². The van der Waals surface area contributed by atoms with Gasteiger partial charge < -0.3 is 9.47 Å². The van der Waals surface area contributed by atoms with E-state index in [9.17, 15) is 0 Å². The molecule has 3 aliphatic rings. The van der Waals surface area contributed by atoms with E-state index in [1.165, 1.54) is 32.5 Å². The van der Waals surface area contributed by atoms with Gasteiger partial charge in [0.15, 0.2) is 0 Å². The maximum Gasteiger partial charge on any atom is 0.261 e. The number of hydrogen-bond acceptors (Lipinski definition) is 2. The second kappa shape index (κ2) is 5.54. The standard InChI is InChI=1S/C26H17BO2/c1-2-7-17-16(6-1)12-13-19-18(17)14-15-24-25(19)27-20-8-3-4-9-21(20)28-22-10-5-11-23(29-24)26(22)27/h1-3,5-8,10-15H,4,9H2. The van der Waals surface area contributed by atoms with E-state index >= 15 is 0 Å². The Bertz CT molecular complexity index is 1410. The first kappa shape index (κ1) is 15.5. The van der Waals surface area contributed by atoms with E-state index in [1.54, 1.807) is 0 Å². The van der Waals surface area contributed by atoms with Crippen molar-refractivity contribution in [2.24, 2.45) is 0 Å². The van der Waals surface area contributed by atoms with Gasteiger partial charge in [-0.1, -0.05) is 60.7 Å². The molecule has 0 atom stereocenters. The third kappa shape index (κ3) is 2.02. The molecule has 1 aliphatic carbocycles. The molecule has 29 heavy (non-hydrogen) atoms. The summed E-state index contributed by atoms with van der Waals surface area (Å²) in [6.07, 6.45) is 6.52. The largest absolute Gasteiger partial charge is 0.463 e. The van der Waals surface area contributed by atoms with Crippen molar-refractivity contribution >= 4 is 39.2 Å². The van der Waals surface area contributed by atoms with E-state index in [0.29, 0.717) is 0 Å². The lowest BCUT2D eigenvalue weighted by molar-refractivity contribution is 0.396. The molecule has 4 aromatic carbocycles. The van der Waals surface area contributed by atoms with Crippen LogP contribution in [0.3, 0.4) is 0 Å². The molecule has 0 aromatic heterocycles. The first-order valence-electron chi connectivity index (χ1n) is 10.2. The Morgan fingerprint density at radius 1 is 0.655 bits per heavy atom. The van der Waals surface area contributed by atoms with Gasteiger partial charge in [-0.3, -0.25) is 0 Å². The average Bonchev–Trinajstić information content (AvgIpc) is 2.78. The normalized spacial score (nSPS) is 16.2. The minimum Gasteiger partial charge on any atom is -0.463 e. The minimum atomic E-state index is 0.148. The lowest BCUT2D eigenvalue weighted by atomic mass is 9.33. The fourth-order valence-corrected chi connectivity index (χ4v) is 5.20. The number of hydrogen-bond donors (Lipinski definition) is 0. The van der Waals surface area contributed by atoms with Crippen molar-refractivity contribution < 1.29 is 9.47 Å². The van der Waals surface area contributed by atoms with Gasteiger partial charge in [-0.05, 0) is 57.1 Å². The average molecular weight is 372 g/mol. The molecule has 0 N–H and O–H groups in total. The number of ether oxygens (including phenoxy) is 2. The van der Waals surface area contributed by atoms with Gasteiger partial charge in [0.2, 0.25) is 0 Å². The summed E-state index contributed by atoms with van der Waals surface area (Å²) in [5, 5.41) is 5.09. The summed E-state index contributed by atoms with van der Waals surface area (Å²) in [7, 11) is 0. The van der Waals surface area contributed by atoms with Crippen molar-refractivity contribution in [1.82, 2.24) is 0 Å². The van der Waals surface area contributed by atoms with E-state index in [4.69, 9.17) is 9.47 Å². The molecule has 0 amide bonds. The molecule has 136 valence electrons. The van der Waals surface area contributed by atoms with Crippen LogP contribution < -0.4 is 20.4 Å². The maximum atomic E-state index is 6.40. The molecule has 0 bridgehead atoms. The maximum absolute atomic E-state index is 6.40. The fourth-order valence-electron chi connectivity index (χ4n) is 5.20. The molecule has 0 fully saturated rings. The Morgan fingerprint density at radius 2 is 1.48 bits per heavy atom. The second-order valence-electron chi connectivity index (χ2n) is 7.98. The van der Waals surface area contributed by atoms with E-state index in [2.05, 4.69) is 72.8 Å². The molecule has 2 aliphatic heterocycles. The van der Waals surface area contributed by atoms with Gasteiger partial charge in [-0.15, -0.1) is 0 Å². The number of benzene rings is 4. The Morgan fingerprint density at radius 3 is 2.45 bits per heavy atom. The quantitative estimate of drug-likeness (QED) is 0.310. The molecule has 2 heterocycles. The van der Waals surface area contributed by atoms with Gasteiger partial charge in [0.25, 0.3) is 6.71 Å². The summed E-state index contributed by atoms with van der Waals surface area (Å²) >= 11 is 0. The number of fused-ring (bicyclic) bond motifs is 7. The van der Waals surface area contributed by atoms with Crippen LogP contribution in [0.25, 0.3) is 21.5 Å². The minimum absolute atomic E-state index is 0.148. The van der Waals surface area contributed by atoms with Gasteiger partial charge in [0.05, 0.1) is 5.76 Å². The summed E-state index contributed by atoms with van der Waals surface area (Å²) in [4.78, 5) is 0. The van der Waals surface area contributed by atoms with E-state index in [-0.39, 0.29) is 6.71 Å². The van der Waals surface area contributed by atoms with Crippen molar-refractivity contribution in [3.05, 3.63) is 90.1 Å². The van der Waals surface area contributed by atoms with Gasteiger partial charge in [-0.25, -0.2) is 0 Å². The highest BCUT2D eigenvalue weighted by molar-refractivity contribution is 6.95. The predicted molar refractivity (Wildman–Crippen MR) is 119 cm³/mol. The van der Waals surface area contributed by atoms with Crippen LogP contribution >= 0.6 is 0 Å². The zero-order valence-corrected chi connectivity index (χ0v) is 15.8. The summed E-state index contributed by atoms with van der Waals surface area (Å²) in [6, 6.07) is 23.6. The monoisotopic (exact) mass is 372 g/mol. The lowest BCUT2D eigenvalue weighted by Gasteiger charge is -2.35. The molecule has 0 radical (unpaired) electrons. The molecule has 0 saturated heterocycles. The third-order valence-corrected chi connectivity index (χ3v) is 6.45. The van der Waals surface area contributed by atoms with Gasteiger partial charge in [0.1, 0.15) is 17.2 Å². The van der Waals surface area contributed by atoms with E-state index in [1.807, 2.05) is 6.07 Å². The fraction of sp³-hybridized carbons (Fsp3) is 0.0769. The molecule has 2 nitrogen and oxygen atoms in total. The zero-order valence-electron chi connectivity index (χ0n) is 15.8. The van der Waals surface area contributed by atoms with Gasteiger partial charge >= 0.3 is 0 Å². The van der Waals surface area contributed by atoms with Crippen LogP contribution in [-0.4, -0.2) is 6.71 Å². The lowest BCUT2D eigenvalue weighted by Crippen LogP contribution is -2.51. The Labute approximate surface area is 169 Å².